The van der Waals surface area contributed by atoms with E-state index in [2.05, 4.69) is 28.5 Å². The Kier molecular flexibility index (Phi) is 2.14. The quantitative estimate of drug-likeness (QED) is 0.699. The third-order valence-corrected chi connectivity index (χ3v) is 3.07. The van der Waals surface area contributed by atoms with Gasteiger partial charge in [-0.1, -0.05) is 6.07 Å². The van der Waals surface area contributed by atoms with E-state index < -0.39 is 0 Å². The Bertz CT molecular complexity index is 446. The molecule has 0 aliphatic carbocycles. The van der Waals surface area contributed by atoms with Gasteiger partial charge >= 0.3 is 0 Å². The average molecular weight is 198 g/mol. The summed E-state index contributed by atoms with van der Waals surface area (Å²) in [5.41, 5.74) is 4.07. The van der Waals surface area contributed by atoms with Crippen molar-refractivity contribution in [3.63, 3.8) is 0 Å². The first-order valence-electron chi connectivity index (χ1n) is 5.51. The second kappa shape index (κ2) is 3.63. The highest BCUT2D eigenvalue weighted by Crippen LogP contribution is 2.20. The lowest BCUT2D eigenvalue weighted by atomic mass is 10.0. The predicted molar refractivity (Wildman–Crippen MR) is 62.0 cm³/mol. The molecule has 3 rings (SSSR count). The minimum absolute atomic E-state index is 1.09. The fourth-order valence-corrected chi connectivity index (χ4v) is 2.25. The van der Waals surface area contributed by atoms with Crippen molar-refractivity contribution in [2.24, 2.45) is 0 Å². The summed E-state index contributed by atoms with van der Waals surface area (Å²) in [5, 5.41) is 4.69. The van der Waals surface area contributed by atoms with E-state index in [4.69, 9.17) is 0 Å². The maximum absolute atomic E-state index is 4.40. The van der Waals surface area contributed by atoms with Gasteiger partial charge in [-0.3, -0.25) is 4.98 Å². The van der Waals surface area contributed by atoms with Gasteiger partial charge in [-0.25, -0.2) is 0 Å². The fraction of sp³-hybridized carbons (Fsp3) is 0.308. The number of fused-ring (bicyclic) bond motifs is 2. The first kappa shape index (κ1) is 8.86. The van der Waals surface area contributed by atoms with E-state index in [0.29, 0.717) is 0 Å². The van der Waals surface area contributed by atoms with E-state index in [1.54, 1.807) is 0 Å². The summed E-state index contributed by atoms with van der Waals surface area (Å²) in [7, 11) is 0. The Morgan fingerprint density at radius 1 is 1.07 bits per heavy atom. The lowest BCUT2D eigenvalue weighted by Gasteiger charge is -2.06. The van der Waals surface area contributed by atoms with E-state index in [1.807, 2.05) is 12.3 Å². The van der Waals surface area contributed by atoms with E-state index in [1.165, 1.54) is 16.5 Å². The highest BCUT2D eigenvalue weighted by Gasteiger charge is 2.08. The molecule has 1 aromatic heterocycles. The van der Waals surface area contributed by atoms with Gasteiger partial charge in [0, 0.05) is 11.6 Å². The summed E-state index contributed by atoms with van der Waals surface area (Å²) in [4.78, 5) is 4.40. The molecule has 0 fully saturated rings. The van der Waals surface area contributed by atoms with Crippen LogP contribution in [0.1, 0.15) is 11.1 Å². The largest absolute Gasteiger partial charge is 0.316 e. The maximum Gasteiger partial charge on any atom is 0.0704 e. The molecule has 2 heterocycles. The van der Waals surface area contributed by atoms with Gasteiger partial charge in [-0.05, 0) is 55.3 Å². The van der Waals surface area contributed by atoms with E-state index in [-0.39, 0.29) is 0 Å². The van der Waals surface area contributed by atoms with Crippen LogP contribution in [-0.2, 0) is 12.8 Å². The van der Waals surface area contributed by atoms with Crippen molar-refractivity contribution >= 4 is 10.9 Å². The van der Waals surface area contributed by atoms with E-state index in [0.717, 1.165) is 31.4 Å². The third kappa shape index (κ3) is 1.61. The number of nitrogens with one attached hydrogen (secondary N) is 1. The first-order valence-corrected chi connectivity index (χ1v) is 5.51. The predicted octanol–water partition coefficient (Wildman–Crippen LogP) is 1.92. The van der Waals surface area contributed by atoms with Gasteiger partial charge in [-0.15, -0.1) is 0 Å². The summed E-state index contributed by atoms with van der Waals surface area (Å²) in [6.45, 7) is 2.18. The monoisotopic (exact) mass is 198 g/mol. The zero-order chi connectivity index (χ0) is 10.1. The third-order valence-electron chi connectivity index (χ3n) is 3.07. The molecule has 0 unspecified atom stereocenters. The number of nitrogens with zero attached hydrogens (tertiary/aromatic N) is 1. The van der Waals surface area contributed by atoms with Crippen molar-refractivity contribution in [1.29, 1.82) is 0 Å². The van der Waals surface area contributed by atoms with Crippen molar-refractivity contribution in [2.75, 3.05) is 13.1 Å². The molecule has 2 aromatic rings. The summed E-state index contributed by atoms with van der Waals surface area (Å²) >= 11 is 0. The number of benzene rings is 1. The SMILES string of the molecule is c1cnc2cc3c(cc2c1)CCNCC3. The molecule has 0 amide bonds. The van der Waals surface area contributed by atoms with Gasteiger partial charge in [0.15, 0.2) is 0 Å². The number of hydrogen-bond donors (Lipinski definition) is 1. The van der Waals surface area contributed by atoms with Crippen LogP contribution in [0, 0.1) is 0 Å². The van der Waals surface area contributed by atoms with Crippen LogP contribution in [-0.4, -0.2) is 18.1 Å². The van der Waals surface area contributed by atoms with Crippen LogP contribution in [0.25, 0.3) is 10.9 Å². The van der Waals surface area contributed by atoms with Crippen molar-refractivity contribution < 1.29 is 0 Å². The Morgan fingerprint density at radius 3 is 2.73 bits per heavy atom. The smallest absolute Gasteiger partial charge is 0.0704 e. The maximum atomic E-state index is 4.40. The molecule has 0 saturated heterocycles. The molecule has 0 radical (unpaired) electrons. The second-order valence-electron chi connectivity index (χ2n) is 4.07. The number of hydrogen-bond acceptors (Lipinski definition) is 2. The Morgan fingerprint density at radius 2 is 1.87 bits per heavy atom. The standard InChI is InChI=1S/C13H14N2/c1-2-12-8-10-3-6-14-7-4-11(10)9-13(12)15-5-1/h1-2,5,8-9,14H,3-4,6-7H2. The molecule has 0 spiro atoms. The lowest BCUT2D eigenvalue weighted by Crippen LogP contribution is -2.16. The highest BCUT2D eigenvalue weighted by atomic mass is 14.8. The number of aromatic nitrogens is 1. The molecular formula is C13H14N2. The summed E-state index contributed by atoms with van der Waals surface area (Å²) in [6, 6.07) is 8.69. The molecule has 1 aliphatic heterocycles. The van der Waals surface area contributed by atoms with Gasteiger partial charge < -0.3 is 5.32 Å². The summed E-state index contributed by atoms with van der Waals surface area (Å²) in [5.74, 6) is 0. The zero-order valence-electron chi connectivity index (χ0n) is 8.66. The molecule has 0 bridgehead atoms. The highest BCUT2D eigenvalue weighted by molar-refractivity contribution is 5.80. The normalized spacial score (nSPS) is 16.0. The van der Waals surface area contributed by atoms with Gasteiger partial charge in [-0.2, -0.15) is 0 Å². The Balaban J connectivity index is 2.20. The molecule has 2 heteroatoms. The van der Waals surface area contributed by atoms with Gasteiger partial charge in [0.2, 0.25) is 0 Å². The van der Waals surface area contributed by atoms with E-state index >= 15 is 0 Å². The molecule has 0 saturated carbocycles. The van der Waals surface area contributed by atoms with Crippen LogP contribution in [0.3, 0.4) is 0 Å². The second-order valence-corrected chi connectivity index (χ2v) is 4.07. The van der Waals surface area contributed by atoms with Gasteiger partial charge in [0.1, 0.15) is 0 Å². The molecule has 15 heavy (non-hydrogen) atoms. The molecule has 1 aliphatic rings. The molecule has 1 N–H and O–H groups in total. The lowest BCUT2D eigenvalue weighted by molar-refractivity contribution is 0.711. The number of rotatable bonds is 0. The molecule has 76 valence electrons. The van der Waals surface area contributed by atoms with Crippen LogP contribution in [0.15, 0.2) is 30.5 Å². The average Bonchev–Trinajstić information content (AvgIpc) is 2.50. The van der Waals surface area contributed by atoms with Crippen molar-refractivity contribution in [2.45, 2.75) is 12.8 Å². The van der Waals surface area contributed by atoms with Crippen LogP contribution >= 0.6 is 0 Å². The van der Waals surface area contributed by atoms with Crippen molar-refractivity contribution in [3.8, 4) is 0 Å². The Labute approximate surface area is 89.3 Å². The van der Waals surface area contributed by atoms with E-state index in [9.17, 15) is 0 Å². The van der Waals surface area contributed by atoms with Crippen LogP contribution in [0.2, 0.25) is 0 Å². The molecular weight excluding hydrogens is 184 g/mol. The van der Waals surface area contributed by atoms with Crippen LogP contribution in [0.4, 0.5) is 0 Å². The van der Waals surface area contributed by atoms with Crippen LogP contribution < -0.4 is 5.32 Å². The summed E-state index contributed by atoms with van der Waals surface area (Å²) in [6.07, 6.45) is 4.13. The van der Waals surface area contributed by atoms with Gasteiger partial charge in [0.05, 0.1) is 5.52 Å². The fourth-order valence-electron chi connectivity index (χ4n) is 2.25. The van der Waals surface area contributed by atoms with Gasteiger partial charge in [0.25, 0.3) is 0 Å². The number of pyridine rings is 1. The zero-order valence-corrected chi connectivity index (χ0v) is 8.66. The van der Waals surface area contributed by atoms with Crippen LogP contribution in [0.5, 0.6) is 0 Å². The first-order chi connectivity index (χ1) is 7.43. The topological polar surface area (TPSA) is 24.9 Å². The van der Waals surface area contributed by atoms with Crippen molar-refractivity contribution in [3.05, 3.63) is 41.6 Å². The molecule has 0 atom stereocenters. The Hall–Kier alpha value is -1.41. The minimum Gasteiger partial charge on any atom is -0.316 e. The minimum atomic E-state index is 1.09. The molecule has 2 nitrogen and oxygen atoms in total. The molecule has 1 aromatic carbocycles. The van der Waals surface area contributed by atoms with Crippen molar-refractivity contribution in [1.82, 2.24) is 10.3 Å². The summed E-state index contributed by atoms with van der Waals surface area (Å²) < 4.78 is 0.